The summed E-state index contributed by atoms with van der Waals surface area (Å²) >= 11 is 12.3. The van der Waals surface area contributed by atoms with Crippen LogP contribution in [-0.2, 0) is 0 Å². The molecular weight excluding hydrogens is 489 g/mol. The molecule has 1 heterocycles. The minimum atomic E-state index is 0.699. The van der Waals surface area contributed by atoms with E-state index < -0.39 is 0 Å². The third-order valence-electron chi connectivity index (χ3n) is 5.95. The molecule has 0 unspecified atom stereocenters. The molecule has 3 aromatic rings. The van der Waals surface area contributed by atoms with Crippen molar-refractivity contribution in [2.24, 2.45) is 4.99 Å². The van der Waals surface area contributed by atoms with E-state index in [4.69, 9.17) is 33.2 Å². The first-order valence-corrected chi connectivity index (χ1v) is 12.6. The fourth-order valence-corrected chi connectivity index (χ4v) is 4.47. The monoisotopic (exact) mass is 515 g/mol. The Balaban J connectivity index is 1.72. The molecule has 1 aliphatic heterocycles. The number of aromatic nitrogens is 2. The van der Waals surface area contributed by atoms with Gasteiger partial charge in [0.25, 0.3) is 0 Å². The van der Waals surface area contributed by atoms with Crippen molar-refractivity contribution in [2.45, 2.75) is 6.42 Å². The van der Waals surface area contributed by atoms with E-state index in [9.17, 15) is 0 Å². The smallest absolute Gasteiger partial charge is 0.0900 e. The lowest BCUT2D eigenvalue weighted by atomic mass is 10.1. The van der Waals surface area contributed by atoms with Gasteiger partial charge in [-0.05, 0) is 99.9 Å². The number of hydrogen-bond donors (Lipinski definition) is 1. The molecule has 0 radical (unpaired) electrons. The van der Waals surface area contributed by atoms with Gasteiger partial charge in [0, 0.05) is 28.0 Å². The van der Waals surface area contributed by atoms with E-state index in [-0.39, 0.29) is 0 Å². The summed E-state index contributed by atoms with van der Waals surface area (Å²) in [5.41, 5.74) is 6.63. The van der Waals surface area contributed by atoms with Gasteiger partial charge in [0.1, 0.15) is 0 Å². The summed E-state index contributed by atoms with van der Waals surface area (Å²) in [4.78, 5) is 12.2. The van der Waals surface area contributed by atoms with E-state index in [0.717, 1.165) is 64.4 Å². The third kappa shape index (κ3) is 5.39. The van der Waals surface area contributed by atoms with Crippen molar-refractivity contribution < 1.29 is 0 Å². The topological polar surface area (TPSA) is 45.5 Å². The molecule has 5 nitrogen and oxygen atoms in total. The first-order chi connectivity index (χ1) is 17.5. The maximum Gasteiger partial charge on any atom is 0.0900 e. The van der Waals surface area contributed by atoms with Crippen molar-refractivity contribution in [1.29, 1.82) is 0 Å². The molecule has 0 aromatic heterocycles. The lowest BCUT2D eigenvalue weighted by Gasteiger charge is -2.20. The van der Waals surface area contributed by atoms with Crippen LogP contribution in [0.3, 0.4) is 0 Å². The lowest BCUT2D eigenvalue weighted by molar-refractivity contribution is 0.402. The van der Waals surface area contributed by atoms with Crippen molar-refractivity contribution in [3.05, 3.63) is 100 Å². The molecule has 36 heavy (non-hydrogen) atoms. The van der Waals surface area contributed by atoms with Crippen LogP contribution in [-0.4, -0.2) is 41.6 Å². The van der Waals surface area contributed by atoms with Crippen LogP contribution in [0.4, 0.5) is 11.4 Å². The fraction of sp³-hybridized carbons (Fsp3) is 0.172. The Bertz CT molecular complexity index is 1520. The molecular formula is C29H27Cl2N5. The van der Waals surface area contributed by atoms with Gasteiger partial charge in [-0.2, -0.15) is 0 Å². The Kier molecular flexibility index (Phi) is 7.23. The molecule has 7 heteroatoms. The first kappa shape index (κ1) is 24.3. The average Bonchev–Trinajstić information content (AvgIpc) is 2.87. The van der Waals surface area contributed by atoms with Gasteiger partial charge in [-0.1, -0.05) is 35.3 Å². The normalized spacial score (nSPS) is 12.1. The molecule has 0 atom stereocenters. The highest BCUT2D eigenvalue weighted by molar-refractivity contribution is 6.30. The predicted molar refractivity (Wildman–Crippen MR) is 151 cm³/mol. The molecule has 0 bridgehead atoms. The van der Waals surface area contributed by atoms with E-state index in [1.807, 2.05) is 66.7 Å². The van der Waals surface area contributed by atoms with Crippen LogP contribution < -0.4 is 10.7 Å². The number of para-hydroxylation sites is 2. The molecule has 0 amide bonds. The van der Waals surface area contributed by atoms with Crippen molar-refractivity contribution in [3.8, 4) is 17.1 Å². The second-order valence-corrected chi connectivity index (χ2v) is 9.81. The predicted octanol–water partition coefficient (Wildman–Crippen LogP) is 7.03. The van der Waals surface area contributed by atoms with E-state index in [1.165, 1.54) is 0 Å². The standard InChI is InChI=1S/C29H27Cl2N5/c1-35(2)17-5-16-32-25-19-29-27(18-26(25)33-22-12-8-20(30)9-13-22)34-24-6-3-4-7-28(24)36(29)23-14-10-21(31)11-15-23/h3-4,6-15,18-19,33H,5,16-17H2,1-2H3. The highest BCUT2D eigenvalue weighted by Crippen LogP contribution is 2.31. The summed E-state index contributed by atoms with van der Waals surface area (Å²) in [5.74, 6) is 0. The van der Waals surface area contributed by atoms with Crippen molar-refractivity contribution in [1.82, 2.24) is 14.5 Å². The van der Waals surface area contributed by atoms with Crippen LogP contribution in [0, 0.1) is 0 Å². The van der Waals surface area contributed by atoms with Gasteiger partial charge in [0.15, 0.2) is 0 Å². The van der Waals surface area contributed by atoms with Crippen LogP contribution in [0.25, 0.3) is 28.1 Å². The van der Waals surface area contributed by atoms with Crippen LogP contribution in [0.15, 0.2) is 89.9 Å². The van der Waals surface area contributed by atoms with Gasteiger partial charge in [0.2, 0.25) is 0 Å². The Morgan fingerprint density at radius 2 is 1.58 bits per heavy atom. The van der Waals surface area contributed by atoms with Gasteiger partial charge < -0.3 is 14.8 Å². The lowest BCUT2D eigenvalue weighted by Crippen LogP contribution is -2.17. The van der Waals surface area contributed by atoms with Gasteiger partial charge in [-0.15, -0.1) is 0 Å². The fourth-order valence-electron chi connectivity index (χ4n) is 4.22. The summed E-state index contributed by atoms with van der Waals surface area (Å²) in [6.45, 7) is 1.70. The zero-order valence-electron chi connectivity index (χ0n) is 20.2. The van der Waals surface area contributed by atoms with Gasteiger partial charge in [-0.3, -0.25) is 4.99 Å². The summed E-state index contributed by atoms with van der Waals surface area (Å²) in [5, 5.41) is 5.81. The van der Waals surface area contributed by atoms with Crippen LogP contribution in [0.2, 0.25) is 10.0 Å². The van der Waals surface area contributed by atoms with E-state index in [1.54, 1.807) is 0 Å². The summed E-state index contributed by atoms with van der Waals surface area (Å²) in [6, 6.07) is 27.9. The largest absolute Gasteiger partial charge is 0.354 e. The van der Waals surface area contributed by atoms with Crippen LogP contribution in [0.5, 0.6) is 0 Å². The molecule has 1 N–H and O–H groups in total. The first-order valence-electron chi connectivity index (χ1n) is 11.9. The Morgan fingerprint density at radius 3 is 2.31 bits per heavy atom. The molecule has 0 fully saturated rings. The maximum atomic E-state index is 6.20. The summed E-state index contributed by atoms with van der Waals surface area (Å²) in [7, 11) is 4.16. The highest BCUT2D eigenvalue weighted by atomic mass is 35.5. The summed E-state index contributed by atoms with van der Waals surface area (Å²) in [6.07, 6.45) is 0.971. The minimum absolute atomic E-state index is 0.699. The quantitative estimate of drug-likeness (QED) is 0.187. The number of hydrogen-bond acceptors (Lipinski definition) is 4. The number of nitrogens with one attached hydrogen (secondary N) is 1. The Hall–Kier alpha value is -3.38. The van der Waals surface area contributed by atoms with E-state index in [0.29, 0.717) is 10.0 Å². The number of benzene rings is 4. The third-order valence-corrected chi connectivity index (χ3v) is 6.45. The average molecular weight is 516 g/mol. The Morgan fingerprint density at radius 1 is 0.889 bits per heavy atom. The van der Waals surface area contributed by atoms with Crippen LogP contribution in [0.1, 0.15) is 6.42 Å². The summed E-state index contributed by atoms with van der Waals surface area (Å²) < 4.78 is 2.22. The molecule has 182 valence electrons. The van der Waals surface area contributed by atoms with E-state index >= 15 is 0 Å². The molecule has 0 spiro atoms. The van der Waals surface area contributed by atoms with Crippen molar-refractivity contribution in [2.75, 3.05) is 32.5 Å². The second-order valence-electron chi connectivity index (χ2n) is 8.94. The molecule has 2 aliphatic rings. The number of fused-ring (bicyclic) bond motifs is 2. The molecule has 5 rings (SSSR count). The van der Waals surface area contributed by atoms with Crippen LogP contribution >= 0.6 is 23.2 Å². The van der Waals surface area contributed by atoms with Crippen molar-refractivity contribution in [3.63, 3.8) is 0 Å². The molecule has 0 saturated carbocycles. The number of halogens is 2. The number of anilines is 2. The SMILES string of the molecule is CN(C)CCCN=c1cc2n(-c3ccc(Cl)cc3)c3ccccc3nc-2cc1Nc1ccc(Cl)cc1. The van der Waals surface area contributed by atoms with Gasteiger partial charge in [-0.25, -0.2) is 4.98 Å². The molecule has 0 saturated heterocycles. The minimum Gasteiger partial charge on any atom is -0.354 e. The van der Waals surface area contributed by atoms with Gasteiger partial charge >= 0.3 is 0 Å². The molecule has 3 aromatic carbocycles. The highest BCUT2D eigenvalue weighted by Gasteiger charge is 2.16. The van der Waals surface area contributed by atoms with Crippen molar-refractivity contribution >= 4 is 45.6 Å². The van der Waals surface area contributed by atoms with E-state index in [2.05, 4.69) is 47.1 Å². The maximum absolute atomic E-state index is 6.20. The zero-order chi connectivity index (χ0) is 25.1. The molecule has 1 aliphatic carbocycles. The second kappa shape index (κ2) is 10.7. The number of rotatable bonds is 7. The number of nitrogens with zero attached hydrogens (tertiary/aromatic N) is 4. The van der Waals surface area contributed by atoms with Gasteiger partial charge in [0.05, 0.1) is 33.5 Å². The Labute approximate surface area is 221 Å². The zero-order valence-corrected chi connectivity index (χ0v) is 21.8.